The van der Waals surface area contributed by atoms with Crippen LogP contribution < -0.4 is 16.0 Å². The first kappa shape index (κ1) is 30.1. The van der Waals surface area contributed by atoms with Gasteiger partial charge < -0.3 is 35.2 Å². The van der Waals surface area contributed by atoms with Crippen molar-refractivity contribution in [1.29, 1.82) is 0 Å². The molecule has 2 aliphatic heterocycles. The van der Waals surface area contributed by atoms with Gasteiger partial charge in [-0.25, -0.2) is 4.39 Å². The van der Waals surface area contributed by atoms with Gasteiger partial charge in [-0.2, -0.15) is 0 Å². The summed E-state index contributed by atoms with van der Waals surface area (Å²) in [6.07, 6.45) is 0.567. The van der Waals surface area contributed by atoms with Gasteiger partial charge in [-0.1, -0.05) is 30.3 Å². The van der Waals surface area contributed by atoms with Crippen LogP contribution in [0.15, 0.2) is 54.6 Å². The molecule has 2 saturated heterocycles. The molecule has 4 rings (SSSR count). The molecule has 2 aromatic rings. The number of halogens is 1. The third-order valence-corrected chi connectivity index (χ3v) is 6.99. The van der Waals surface area contributed by atoms with Crippen molar-refractivity contribution in [2.75, 3.05) is 59.2 Å². The van der Waals surface area contributed by atoms with Crippen LogP contribution in [0.2, 0.25) is 0 Å². The number of carbonyl (C=O) groups is 4. The van der Waals surface area contributed by atoms with E-state index in [4.69, 9.17) is 9.47 Å². The summed E-state index contributed by atoms with van der Waals surface area (Å²) in [6, 6.07) is 13.8. The van der Waals surface area contributed by atoms with Gasteiger partial charge in [-0.05, 0) is 36.2 Å². The summed E-state index contributed by atoms with van der Waals surface area (Å²) >= 11 is 0. The van der Waals surface area contributed by atoms with Crippen molar-refractivity contribution in [3.8, 4) is 0 Å². The fourth-order valence-electron chi connectivity index (χ4n) is 4.83. The van der Waals surface area contributed by atoms with Gasteiger partial charge in [-0.3, -0.25) is 19.2 Å². The second kappa shape index (κ2) is 15.2. The summed E-state index contributed by atoms with van der Waals surface area (Å²) < 4.78 is 24.1. The monoisotopic (exact) mass is 569 g/mol. The van der Waals surface area contributed by atoms with E-state index in [2.05, 4.69) is 16.0 Å². The minimum absolute atomic E-state index is 0.0394. The molecule has 0 unspecified atom stereocenters. The van der Waals surface area contributed by atoms with E-state index in [1.807, 2.05) is 30.3 Å². The van der Waals surface area contributed by atoms with E-state index in [0.29, 0.717) is 19.5 Å². The first-order valence-electron chi connectivity index (χ1n) is 13.7. The van der Waals surface area contributed by atoms with Crippen molar-refractivity contribution in [3.05, 3.63) is 71.5 Å². The highest BCUT2D eigenvalue weighted by Gasteiger charge is 2.42. The SMILES string of the molecule is O=C(NCCN1CC(=O)N2CC[C@@H](NCc3ccccc3)[C@H]2C(=O)NCCOCCOCC1=O)c1ccc(F)cc1. The molecule has 2 aromatic carbocycles. The van der Waals surface area contributed by atoms with Crippen LogP contribution in [0.3, 0.4) is 0 Å². The van der Waals surface area contributed by atoms with Gasteiger partial charge in [0, 0.05) is 44.3 Å². The number of carbonyl (C=O) groups excluding carboxylic acids is 4. The van der Waals surface area contributed by atoms with E-state index in [1.165, 1.54) is 34.1 Å². The summed E-state index contributed by atoms with van der Waals surface area (Å²) in [4.78, 5) is 55.1. The summed E-state index contributed by atoms with van der Waals surface area (Å²) in [5.74, 6) is -1.98. The van der Waals surface area contributed by atoms with Crippen molar-refractivity contribution in [2.45, 2.75) is 25.0 Å². The van der Waals surface area contributed by atoms with E-state index in [9.17, 15) is 23.6 Å². The molecular weight excluding hydrogens is 533 g/mol. The molecule has 41 heavy (non-hydrogen) atoms. The zero-order valence-corrected chi connectivity index (χ0v) is 22.9. The number of hydrogen-bond acceptors (Lipinski definition) is 7. The van der Waals surface area contributed by atoms with E-state index < -0.39 is 23.7 Å². The van der Waals surface area contributed by atoms with Crippen LogP contribution >= 0.6 is 0 Å². The number of ether oxygens (including phenoxy) is 2. The number of rotatable bonds is 7. The molecule has 4 amide bonds. The number of amides is 4. The first-order valence-corrected chi connectivity index (χ1v) is 13.7. The Bertz CT molecular complexity index is 1180. The van der Waals surface area contributed by atoms with Gasteiger partial charge in [0.1, 0.15) is 18.5 Å². The maximum absolute atomic E-state index is 13.5. The summed E-state index contributed by atoms with van der Waals surface area (Å²) in [5.41, 5.74) is 1.33. The van der Waals surface area contributed by atoms with Crippen molar-refractivity contribution < 1.29 is 33.0 Å². The molecule has 0 radical (unpaired) electrons. The molecule has 11 nitrogen and oxygen atoms in total. The van der Waals surface area contributed by atoms with Gasteiger partial charge in [-0.15, -0.1) is 0 Å². The number of nitrogens with zero attached hydrogens (tertiary/aromatic N) is 2. The molecule has 0 bridgehead atoms. The van der Waals surface area contributed by atoms with Gasteiger partial charge in [0.2, 0.25) is 17.7 Å². The minimum atomic E-state index is -0.761. The molecule has 2 fully saturated rings. The predicted octanol–water partition coefficient (Wildman–Crippen LogP) is 0.306. The Hall–Kier alpha value is -3.87. The fourth-order valence-corrected chi connectivity index (χ4v) is 4.83. The Morgan fingerprint density at radius 2 is 1.73 bits per heavy atom. The normalized spacial score (nSPS) is 21.0. The third kappa shape index (κ3) is 8.81. The minimum Gasteiger partial charge on any atom is -0.377 e. The fraction of sp³-hybridized carbons (Fsp3) is 0.448. The van der Waals surface area contributed by atoms with Crippen LogP contribution in [0.5, 0.6) is 0 Å². The molecular formula is C29H36FN5O6. The largest absolute Gasteiger partial charge is 0.377 e. The average molecular weight is 570 g/mol. The Balaban J connectivity index is 1.44. The van der Waals surface area contributed by atoms with Crippen LogP contribution in [0, 0.1) is 5.82 Å². The maximum atomic E-state index is 13.5. The summed E-state index contributed by atoms with van der Waals surface area (Å²) in [5, 5.41) is 8.98. The highest BCUT2D eigenvalue weighted by Crippen LogP contribution is 2.20. The van der Waals surface area contributed by atoms with Crippen LogP contribution in [0.25, 0.3) is 0 Å². The highest BCUT2D eigenvalue weighted by molar-refractivity contribution is 5.94. The molecule has 2 aliphatic rings. The van der Waals surface area contributed by atoms with Gasteiger partial charge in [0.05, 0.1) is 26.4 Å². The van der Waals surface area contributed by atoms with Crippen molar-refractivity contribution in [3.63, 3.8) is 0 Å². The highest BCUT2D eigenvalue weighted by atomic mass is 19.1. The lowest BCUT2D eigenvalue weighted by Crippen LogP contribution is -2.56. The lowest BCUT2D eigenvalue weighted by molar-refractivity contribution is -0.145. The number of benzene rings is 2. The number of nitrogens with one attached hydrogen (secondary N) is 3. The lowest BCUT2D eigenvalue weighted by atomic mass is 10.1. The Kier molecular flexibility index (Phi) is 11.2. The number of hydrogen-bond donors (Lipinski definition) is 3. The molecule has 220 valence electrons. The Morgan fingerprint density at radius 1 is 0.976 bits per heavy atom. The van der Waals surface area contributed by atoms with Crippen molar-refractivity contribution in [1.82, 2.24) is 25.8 Å². The second-order valence-electron chi connectivity index (χ2n) is 9.83. The standard InChI is InChI=1S/C29H36FN5O6/c30-23-8-6-22(7-9-23)28(38)31-11-14-34-19-25(36)35-13-10-24(33-18-21-4-2-1-3-5-21)27(35)29(39)32-12-15-40-16-17-41-20-26(34)37/h1-9,24,27,33H,10-20H2,(H,31,38)(H,32,39)/t24-,27+/m1/s1. The maximum Gasteiger partial charge on any atom is 0.251 e. The molecule has 0 saturated carbocycles. The van der Waals surface area contributed by atoms with E-state index in [-0.39, 0.29) is 76.0 Å². The molecule has 2 atom stereocenters. The predicted molar refractivity (Wildman–Crippen MR) is 147 cm³/mol. The Labute approximate surface area is 238 Å². The molecule has 12 heteroatoms. The van der Waals surface area contributed by atoms with Crippen molar-refractivity contribution >= 4 is 23.6 Å². The molecule has 0 aliphatic carbocycles. The average Bonchev–Trinajstić information content (AvgIpc) is 3.41. The van der Waals surface area contributed by atoms with Crippen molar-refractivity contribution in [2.24, 2.45) is 0 Å². The summed E-state index contributed by atoms with van der Waals surface area (Å²) in [7, 11) is 0. The third-order valence-electron chi connectivity index (χ3n) is 6.99. The Morgan fingerprint density at radius 3 is 2.51 bits per heavy atom. The quantitative estimate of drug-likeness (QED) is 0.438. The summed E-state index contributed by atoms with van der Waals surface area (Å²) in [6.45, 7) is 1.41. The van der Waals surface area contributed by atoms with E-state index >= 15 is 0 Å². The molecule has 0 aromatic heterocycles. The lowest BCUT2D eigenvalue weighted by Gasteiger charge is -2.30. The first-order chi connectivity index (χ1) is 19.9. The molecule has 2 heterocycles. The van der Waals surface area contributed by atoms with Crippen LogP contribution in [-0.2, 0) is 30.4 Å². The number of fused-ring (bicyclic) bond motifs is 1. The van der Waals surface area contributed by atoms with E-state index in [1.54, 1.807) is 0 Å². The van der Waals surface area contributed by atoms with Gasteiger partial charge >= 0.3 is 0 Å². The topological polar surface area (TPSA) is 129 Å². The van der Waals surface area contributed by atoms with Crippen LogP contribution in [0.1, 0.15) is 22.3 Å². The second-order valence-corrected chi connectivity index (χ2v) is 9.83. The zero-order chi connectivity index (χ0) is 29.0. The molecule has 3 N–H and O–H groups in total. The zero-order valence-electron chi connectivity index (χ0n) is 22.9. The van der Waals surface area contributed by atoms with Crippen LogP contribution in [-0.4, -0.2) is 105 Å². The van der Waals surface area contributed by atoms with Gasteiger partial charge in [0.15, 0.2) is 0 Å². The van der Waals surface area contributed by atoms with E-state index in [0.717, 1.165) is 5.56 Å². The van der Waals surface area contributed by atoms with Crippen LogP contribution in [0.4, 0.5) is 4.39 Å². The van der Waals surface area contributed by atoms with Gasteiger partial charge in [0.25, 0.3) is 5.91 Å². The smallest absolute Gasteiger partial charge is 0.251 e. The molecule has 0 spiro atoms.